The Morgan fingerprint density at radius 2 is 2.38 bits per heavy atom. The molecule has 0 unspecified atom stereocenters. The van der Waals surface area contributed by atoms with E-state index in [1.54, 1.807) is 19.2 Å². The van der Waals surface area contributed by atoms with Crippen molar-refractivity contribution in [3.63, 3.8) is 0 Å². The summed E-state index contributed by atoms with van der Waals surface area (Å²) in [6.07, 6.45) is 3.54. The molecule has 70 valence electrons. The van der Waals surface area contributed by atoms with Crippen molar-refractivity contribution in [2.45, 2.75) is 20.0 Å². The van der Waals surface area contributed by atoms with Crippen LogP contribution in [0.25, 0.3) is 0 Å². The zero-order valence-corrected chi connectivity index (χ0v) is 8.04. The molecule has 13 heavy (non-hydrogen) atoms. The summed E-state index contributed by atoms with van der Waals surface area (Å²) in [6, 6.07) is 1.72. The SMILES string of the molecule is CCC(=O)OCc1cncc(Cl)c1. The molecule has 0 bridgehead atoms. The fraction of sp³-hybridized carbons (Fsp3) is 0.333. The van der Waals surface area contributed by atoms with Gasteiger partial charge in [0.2, 0.25) is 0 Å². The monoisotopic (exact) mass is 199 g/mol. The Bertz CT molecular complexity index is 301. The maximum atomic E-state index is 10.8. The summed E-state index contributed by atoms with van der Waals surface area (Å²) in [5.74, 6) is -0.222. The molecule has 0 N–H and O–H groups in total. The van der Waals surface area contributed by atoms with E-state index in [1.165, 1.54) is 6.20 Å². The molecule has 0 atom stereocenters. The first-order valence-electron chi connectivity index (χ1n) is 3.97. The van der Waals surface area contributed by atoms with Crippen LogP contribution in [-0.4, -0.2) is 11.0 Å². The van der Waals surface area contributed by atoms with E-state index in [-0.39, 0.29) is 12.6 Å². The number of nitrogens with zero attached hydrogens (tertiary/aromatic N) is 1. The number of carbonyl (C=O) groups is 1. The molecule has 0 spiro atoms. The predicted octanol–water partition coefficient (Wildman–Crippen LogP) is 2.19. The van der Waals surface area contributed by atoms with E-state index in [9.17, 15) is 4.79 Å². The summed E-state index contributed by atoms with van der Waals surface area (Å²) in [4.78, 5) is 14.7. The number of carbonyl (C=O) groups excluding carboxylic acids is 1. The van der Waals surface area contributed by atoms with Gasteiger partial charge in [-0.15, -0.1) is 0 Å². The zero-order valence-electron chi connectivity index (χ0n) is 7.29. The van der Waals surface area contributed by atoms with Crippen molar-refractivity contribution in [2.75, 3.05) is 0 Å². The molecule has 4 heteroatoms. The summed E-state index contributed by atoms with van der Waals surface area (Å²) >= 11 is 5.69. The molecule has 0 saturated heterocycles. The topological polar surface area (TPSA) is 39.2 Å². The lowest BCUT2D eigenvalue weighted by molar-refractivity contribution is -0.144. The molecular formula is C9H10ClNO2. The molecule has 0 aliphatic heterocycles. The van der Waals surface area contributed by atoms with Gasteiger partial charge in [0.15, 0.2) is 0 Å². The molecule has 0 aromatic carbocycles. The number of esters is 1. The predicted molar refractivity (Wildman–Crippen MR) is 49.3 cm³/mol. The third-order valence-electron chi connectivity index (χ3n) is 1.45. The van der Waals surface area contributed by atoms with Gasteiger partial charge in [0.1, 0.15) is 6.61 Å². The lowest BCUT2D eigenvalue weighted by atomic mass is 10.3. The van der Waals surface area contributed by atoms with Gasteiger partial charge in [-0.05, 0) is 6.07 Å². The fourth-order valence-corrected chi connectivity index (χ4v) is 0.997. The van der Waals surface area contributed by atoms with Gasteiger partial charge in [-0.3, -0.25) is 9.78 Å². The van der Waals surface area contributed by atoms with Gasteiger partial charge in [-0.1, -0.05) is 18.5 Å². The molecule has 0 fully saturated rings. The highest BCUT2D eigenvalue weighted by molar-refractivity contribution is 6.30. The summed E-state index contributed by atoms with van der Waals surface area (Å²) < 4.78 is 4.89. The van der Waals surface area contributed by atoms with Gasteiger partial charge in [-0.25, -0.2) is 0 Å². The van der Waals surface area contributed by atoms with E-state index in [0.717, 1.165) is 5.56 Å². The molecule has 0 amide bonds. The Hall–Kier alpha value is -1.09. The molecule has 1 rings (SSSR count). The molecule has 1 heterocycles. The molecule has 0 radical (unpaired) electrons. The largest absolute Gasteiger partial charge is 0.461 e. The van der Waals surface area contributed by atoms with E-state index in [4.69, 9.17) is 16.3 Å². The first-order chi connectivity index (χ1) is 6.22. The molecule has 1 aromatic rings. The second kappa shape index (κ2) is 4.82. The third kappa shape index (κ3) is 3.42. The van der Waals surface area contributed by atoms with Crippen LogP contribution in [0.5, 0.6) is 0 Å². The minimum Gasteiger partial charge on any atom is -0.461 e. The van der Waals surface area contributed by atoms with Crippen LogP contribution in [0.3, 0.4) is 0 Å². The summed E-state index contributed by atoms with van der Waals surface area (Å²) in [5.41, 5.74) is 0.800. The smallest absolute Gasteiger partial charge is 0.305 e. The highest BCUT2D eigenvalue weighted by Gasteiger charge is 2.00. The van der Waals surface area contributed by atoms with Gasteiger partial charge >= 0.3 is 5.97 Å². The first kappa shape index (κ1) is 9.99. The molecule has 0 aliphatic rings. The highest BCUT2D eigenvalue weighted by Crippen LogP contribution is 2.09. The standard InChI is InChI=1S/C9H10ClNO2/c1-2-9(12)13-6-7-3-8(10)5-11-4-7/h3-5H,2,6H2,1H3. The first-order valence-corrected chi connectivity index (χ1v) is 4.35. The van der Waals surface area contributed by atoms with Crippen LogP contribution in [0, 0.1) is 0 Å². The number of hydrogen-bond acceptors (Lipinski definition) is 3. The van der Waals surface area contributed by atoms with Crippen LogP contribution < -0.4 is 0 Å². The van der Waals surface area contributed by atoms with Crippen molar-refractivity contribution in [2.24, 2.45) is 0 Å². The van der Waals surface area contributed by atoms with Gasteiger partial charge in [0, 0.05) is 24.4 Å². The Labute approximate surface area is 81.7 Å². The normalized spacial score (nSPS) is 9.69. The third-order valence-corrected chi connectivity index (χ3v) is 1.66. The van der Waals surface area contributed by atoms with Gasteiger partial charge in [0.05, 0.1) is 5.02 Å². The van der Waals surface area contributed by atoms with Crippen molar-refractivity contribution in [1.29, 1.82) is 0 Å². The van der Waals surface area contributed by atoms with E-state index in [0.29, 0.717) is 11.4 Å². The van der Waals surface area contributed by atoms with Crippen molar-refractivity contribution in [3.8, 4) is 0 Å². The number of aromatic nitrogens is 1. The molecular weight excluding hydrogens is 190 g/mol. The van der Waals surface area contributed by atoms with E-state index in [1.807, 2.05) is 0 Å². The quantitative estimate of drug-likeness (QED) is 0.701. The van der Waals surface area contributed by atoms with E-state index < -0.39 is 0 Å². The summed E-state index contributed by atoms with van der Waals surface area (Å²) in [7, 11) is 0. The molecule has 0 saturated carbocycles. The van der Waals surface area contributed by atoms with Crippen LogP contribution in [0.1, 0.15) is 18.9 Å². The number of rotatable bonds is 3. The molecule has 3 nitrogen and oxygen atoms in total. The zero-order chi connectivity index (χ0) is 9.68. The molecule has 1 aromatic heterocycles. The van der Waals surface area contributed by atoms with Crippen LogP contribution >= 0.6 is 11.6 Å². The van der Waals surface area contributed by atoms with Crippen LogP contribution in [0.4, 0.5) is 0 Å². The van der Waals surface area contributed by atoms with Gasteiger partial charge in [-0.2, -0.15) is 0 Å². The summed E-state index contributed by atoms with van der Waals surface area (Å²) in [6.45, 7) is 1.98. The minimum atomic E-state index is -0.222. The van der Waals surface area contributed by atoms with E-state index >= 15 is 0 Å². The van der Waals surface area contributed by atoms with Gasteiger partial charge in [0.25, 0.3) is 0 Å². The maximum absolute atomic E-state index is 10.8. The maximum Gasteiger partial charge on any atom is 0.305 e. The Kier molecular flexibility index (Phi) is 3.71. The van der Waals surface area contributed by atoms with Crippen molar-refractivity contribution in [3.05, 3.63) is 29.0 Å². The lowest BCUT2D eigenvalue weighted by Crippen LogP contribution is -2.02. The Morgan fingerprint density at radius 1 is 1.62 bits per heavy atom. The lowest BCUT2D eigenvalue weighted by Gasteiger charge is -2.02. The number of halogens is 1. The van der Waals surface area contributed by atoms with Crippen LogP contribution in [0.15, 0.2) is 18.5 Å². The average molecular weight is 200 g/mol. The molecule has 0 aliphatic carbocycles. The Balaban J connectivity index is 2.50. The van der Waals surface area contributed by atoms with Crippen molar-refractivity contribution < 1.29 is 9.53 Å². The van der Waals surface area contributed by atoms with Crippen molar-refractivity contribution in [1.82, 2.24) is 4.98 Å². The number of ether oxygens (including phenoxy) is 1. The number of pyridine rings is 1. The second-order valence-electron chi connectivity index (χ2n) is 2.53. The summed E-state index contributed by atoms with van der Waals surface area (Å²) in [5, 5.41) is 0.546. The number of hydrogen-bond donors (Lipinski definition) is 0. The van der Waals surface area contributed by atoms with E-state index in [2.05, 4.69) is 4.98 Å². The minimum absolute atomic E-state index is 0.222. The van der Waals surface area contributed by atoms with Crippen LogP contribution in [0.2, 0.25) is 5.02 Å². The van der Waals surface area contributed by atoms with Gasteiger partial charge < -0.3 is 4.74 Å². The highest BCUT2D eigenvalue weighted by atomic mass is 35.5. The average Bonchev–Trinajstić information content (AvgIpc) is 2.14. The second-order valence-corrected chi connectivity index (χ2v) is 2.96. The van der Waals surface area contributed by atoms with Crippen molar-refractivity contribution >= 4 is 17.6 Å². The fourth-order valence-electron chi connectivity index (χ4n) is 0.801. The Morgan fingerprint density at radius 3 is 3.00 bits per heavy atom. The van der Waals surface area contributed by atoms with Crippen LogP contribution in [-0.2, 0) is 16.1 Å².